The molecule has 112 valence electrons. The van der Waals surface area contributed by atoms with Crippen LogP contribution in [0.1, 0.15) is 0 Å². The molecular formula is C13H10Cl2FNO3S. The molecule has 0 aliphatic carbocycles. The molecule has 0 fully saturated rings. The summed E-state index contributed by atoms with van der Waals surface area (Å²) in [5, 5.41) is 0.115. The normalized spacial score (nSPS) is 11.2. The predicted octanol–water partition coefficient (Wildman–Crippen LogP) is 3.94. The first-order chi connectivity index (χ1) is 9.83. The Balaban J connectivity index is 2.36. The number of hydrogen-bond acceptors (Lipinski definition) is 3. The molecule has 0 aromatic heterocycles. The lowest BCUT2D eigenvalue weighted by atomic mass is 10.3. The van der Waals surface area contributed by atoms with E-state index in [9.17, 15) is 12.8 Å². The first-order valence-electron chi connectivity index (χ1n) is 5.65. The highest BCUT2D eigenvalue weighted by Crippen LogP contribution is 2.29. The van der Waals surface area contributed by atoms with Crippen LogP contribution < -0.4 is 9.46 Å². The van der Waals surface area contributed by atoms with Crippen LogP contribution in [0.4, 0.5) is 10.1 Å². The van der Waals surface area contributed by atoms with Crippen LogP contribution in [0.15, 0.2) is 41.3 Å². The Bertz CT molecular complexity index is 781. The summed E-state index contributed by atoms with van der Waals surface area (Å²) >= 11 is 11.7. The summed E-state index contributed by atoms with van der Waals surface area (Å²) in [6.07, 6.45) is 0. The summed E-state index contributed by atoms with van der Waals surface area (Å²) in [5.74, 6) is -0.203. The molecule has 1 N–H and O–H groups in total. The zero-order chi connectivity index (χ0) is 15.6. The van der Waals surface area contributed by atoms with Gasteiger partial charge in [-0.05, 0) is 36.4 Å². The van der Waals surface area contributed by atoms with E-state index in [1.165, 1.54) is 31.4 Å². The fourth-order valence-electron chi connectivity index (χ4n) is 1.59. The van der Waals surface area contributed by atoms with Crippen LogP contribution in [0.25, 0.3) is 0 Å². The third kappa shape index (κ3) is 3.58. The number of rotatable bonds is 4. The van der Waals surface area contributed by atoms with Crippen LogP contribution in [0, 0.1) is 5.82 Å². The number of benzene rings is 2. The minimum Gasteiger partial charge on any atom is -0.495 e. The van der Waals surface area contributed by atoms with Gasteiger partial charge in [0, 0.05) is 0 Å². The van der Waals surface area contributed by atoms with Gasteiger partial charge in [0.1, 0.15) is 11.6 Å². The van der Waals surface area contributed by atoms with E-state index in [2.05, 4.69) is 4.72 Å². The number of hydrogen-bond donors (Lipinski definition) is 1. The molecule has 0 atom stereocenters. The lowest BCUT2D eigenvalue weighted by Crippen LogP contribution is -2.13. The molecule has 0 amide bonds. The van der Waals surface area contributed by atoms with Crippen molar-refractivity contribution >= 4 is 38.9 Å². The molecule has 0 spiro atoms. The molecule has 2 aromatic rings. The fraction of sp³-hybridized carbons (Fsp3) is 0.0769. The molecule has 4 nitrogen and oxygen atoms in total. The smallest absolute Gasteiger partial charge is 0.261 e. The second kappa shape index (κ2) is 6.09. The molecule has 0 bridgehead atoms. The van der Waals surface area contributed by atoms with Gasteiger partial charge in [-0.3, -0.25) is 4.72 Å². The van der Waals surface area contributed by atoms with E-state index < -0.39 is 15.8 Å². The quantitative estimate of drug-likeness (QED) is 0.909. The number of anilines is 1. The topological polar surface area (TPSA) is 55.4 Å². The van der Waals surface area contributed by atoms with Crippen molar-refractivity contribution in [2.75, 3.05) is 11.8 Å². The summed E-state index contributed by atoms with van der Waals surface area (Å²) in [6, 6.07) is 7.37. The second-order valence-electron chi connectivity index (χ2n) is 4.03. The average molecular weight is 350 g/mol. The third-order valence-electron chi connectivity index (χ3n) is 2.61. The number of sulfonamides is 1. The van der Waals surface area contributed by atoms with Crippen molar-refractivity contribution in [1.82, 2.24) is 0 Å². The molecule has 0 saturated carbocycles. The van der Waals surface area contributed by atoms with Crippen molar-refractivity contribution in [2.24, 2.45) is 0 Å². The lowest BCUT2D eigenvalue weighted by Gasteiger charge is -2.11. The van der Waals surface area contributed by atoms with E-state index in [0.717, 1.165) is 12.1 Å². The second-order valence-corrected chi connectivity index (χ2v) is 6.52. The zero-order valence-electron chi connectivity index (χ0n) is 10.7. The van der Waals surface area contributed by atoms with Gasteiger partial charge in [-0.1, -0.05) is 23.2 Å². The van der Waals surface area contributed by atoms with E-state index >= 15 is 0 Å². The van der Waals surface area contributed by atoms with E-state index in [-0.39, 0.29) is 20.6 Å². The summed E-state index contributed by atoms with van der Waals surface area (Å²) in [6.45, 7) is 0. The van der Waals surface area contributed by atoms with Gasteiger partial charge in [0.15, 0.2) is 0 Å². The van der Waals surface area contributed by atoms with Gasteiger partial charge < -0.3 is 4.74 Å². The van der Waals surface area contributed by atoms with Crippen LogP contribution in [-0.2, 0) is 10.0 Å². The molecule has 2 aromatic carbocycles. The maximum Gasteiger partial charge on any atom is 0.261 e. The summed E-state index contributed by atoms with van der Waals surface area (Å²) < 4.78 is 44.6. The van der Waals surface area contributed by atoms with Crippen molar-refractivity contribution in [3.05, 3.63) is 52.3 Å². The SMILES string of the molecule is COc1ccc(S(=O)(=O)Nc2ccc(F)cc2Cl)cc1Cl. The lowest BCUT2D eigenvalue weighted by molar-refractivity contribution is 0.414. The number of methoxy groups -OCH3 is 1. The van der Waals surface area contributed by atoms with Crippen LogP contribution in [-0.4, -0.2) is 15.5 Å². The minimum absolute atomic E-state index is 0.0433. The van der Waals surface area contributed by atoms with Gasteiger partial charge in [0.25, 0.3) is 10.0 Å². The van der Waals surface area contributed by atoms with Gasteiger partial charge in [-0.25, -0.2) is 12.8 Å². The molecule has 0 aliphatic heterocycles. The van der Waals surface area contributed by atoms with Crippen molar-refractivity contribution in [1.29, 1.82) is 0 Å². The molecule has 2 rings (SSSR count). The molecule has 0 saturated heterocycles. The number of halogens is 3. The van der Waals surface area contributed by atoms with Gasteiger partial charge in [0.2, 0.25) is 0 Å². The highest BCUT2D eigenvalue weighted by molar-refractivity contribution is 7.92. The van der Waals surface area contributed by atoms with Crippen LogP contribution in [0.2, 0.25) is 10.0 Å². The first-order valence-corrected chi connectivity index (χ1v) is 7.89. The highest BCUT2D eigenvalue weighted by Gasteiger charge is 2.17. The number of nitrogens with one attached hydrogen (secondary N) is 1. The van der Waals surface area contributed by atoms with E-state index in [1.807, 2.05) is 0 Å². The summed E-state index contributed by atoms with van der Waals surface area (Å²) in [7, 11) is -2.47. The Labute approximate surface area is 131 Å². The Morgan fingerprint density at radius 3 is 2.38 bits per heavy atom. The van der Waals surface area contributed by atoms with Crippen molar-refractivity contribution in [2.45, 2.75) is 4.90 Å². The predicted molar refractivity (Wildman–Crippen MR) is 80.2 cm³/mol. The van der Waals surface area contributed by atoms with Crippen molar-refractivity contribution in [3.63, 3.8) is 0 Å². The maximum atomic E-state index is 12.9. The van der Waals surface area contributed by atoms with Crippen molar-refractivity contribution in [3.8, 4) is 5.75 Å². The van der Waals surface area contributed by atoms with Gasteiger partial charge in [0.05, 0.1) is 27.7 Å². The van der Waals surface area contributed by atoms with Gasteiger partial charge in [-0.2, -0.15) is 0 Å². The monoisotopic (exact) mass is 349 g/mol. The first kappa shape index (κ1) is 15.9. The highest BCUT2D eigenvalue weighted by atomic mass is 35.5. The summed E-state index contributed by atoms with van der Waals surface area (Å²) in [4.78, 5) is -0.0614. The maximum absolute atomic E-state index is 12.9. The Morgan fingerprint density at radius 1 is 1.10 bits per heavy atom. The largest absolute Gasteiger partial charge is 0.495 e. The molecule has 21 heavy (non-hydrogen) atoms. The molecular weight excluding hydrogens is 340 g/mol. The zero-order valence-corrected chi connectivity index (χ0v) is 13.1. The molecule has 8 heteroatoms. The molecule has 0 aliphatic rings. The van der Waals surface area contributed by atoms with Crippen LogP contribution in [0.5, 0.6) is 5.75 Å². The van der Waals surface area contributed by atoms with Crippen LogP contribution >= 0.6 is 23.2 Å². The molecule has 0 radical (unpaired) electrons. The van der Waals surface area contributed by atoms with Gasteiger partial charge >= 0.3 is 0 Å². The fourth-order valence-corrected chi connectivity index (χ4v) is 3.29. The standard InChI is InChI=1S/C13H10Cl2FNO3S/c1-20-13-5-3-9(7-11(13)15)21(18,19)17-12-4-2-8(16)6-10(12)14/h2-7,17H,1H3. The molecule has 0 unspecified atom stereocenters. The summed E-state index contributed by atoms with van der Waals surface area (Å²) in [5.41, 5.74) is 0.0741. The van der Waals surface area contributed by atoms with Crippen molar-refractivity contribution < 1.29 is 17.5 Å². The minimum atomic E-state index is -3.89. The number of ether oxygens (including phenoxy) is 1. The Hall–Kier alpha value is -1.50. The van der Waals surface area contributed by atoms with Crippen LogP contribution in [0.3, 0.4) is 0 Å². The van der Waals surface area contributed by atoms with Gasteiger partial charge in [-0.15, -0.1) is 0 Å². The van der Waals surface area contributed by atoms with E-state index in [1.54, 1.807) is 0 Å². The van der Waals surface area contributed by atoms with E-state index in [4.69, 9.17) is 27.9 Å². The molecule has 0 heterocycles. The average Bonchev–Trinajstić information content (AvgIpc) is 2.42. The Morgan fingerprint density at radius 2 is 1.81 bits per heavy atom. The Kier molecular flexibility index (Phi) is 4.61. The van der Waals surface area contributed by atoms with E-state index in [0.29, 0.717) is 5.75 Å². The third-order valence-corrected chi connectivity index (χ3v) is 4.58.